The average Bonchev–Trinajstić information content (AvgIpc) is 2.00. The summed E-state index contributed by atoms with van der Waals surface area (Å²) < 4.78 is 14.1. The summed E-state index contributed by atoms with van der Waals surface area (Å²) in [6.45, 7) is 3.22. The predicted molar refractivity (Wildman–Crippen MR) is 39.1 cm³/mol. The molecule has 0 amide bonds. The Morgan fingerprint density at radius 2 is 1.91 bits per heavy atom. The maximum absolute atomic E-state index is 11.0. The number of hydrogen-bond donors (Lipinski definition) is 0. The van der Waals surface area contributed by atoms with Gasteiger partial charge in [0.25, 0.3) is 0 Å². The van der Waals surface area contributed by atoms with Crippen LogP contribution < -0.4 is 0 Å². The zero-order valence-electron chi connectivity index (χ0n) is 7.34. The Morgan fingerprint density at radius 1 is 1.36 bits per heavy atom. The number of esters is 1. The molecular weight excluding hydrogens is 148 g/mol. The van der Waals surface area contributed by atoms with Crippen molar-refractivity contribution in [2.24, 2.45) is 0 Å². The van der Waals surface area contributed by atoms with E-state index in [1.54, 1.807) is 13.8 Å². The number of methoxy groups -OCH3 is 2. The van der Waals surface area contributed by atoms with Gasteiger partial charge in [-0.15, -0.1) is 0 Å². The number of ether oxygens (including phenoxy) is 3. The summed E-state index contributed by atoms with van der Waals surface area (Å²) in [6.07, 6.45) is 0. The second kappa shape index (κ2) is 4.31. The van der Waals surface area contributed by atoms with Crippen molar-refractivity contribution in [3.63, 3.8) is 0 Å². The van der Waals surface area contributed by atoms with Gasteiger partial charge in [-0.1, -0.05) is 0 Å². The number of carbonyl (C=O) groups is 1. The Morgan fingerprint density at radius 3 is 2.27 bits per heavy atom. The summed E-state index contributed by atoms with van der Waals surface area (Å²) in [4.78, 5) is 11.0. The van der Waals surface area contributed by atoms with Crippen LogP contribution in [0, 0.1) is 0 Å². The lowest BCUT2D eigenvalue weighted by molar-refractivity contribution is -0.175. The maximum Gasteiger partial charge on any atom is 0.339 e. The quantitative estimate of drug-likeness (QED) is 0.447. The Labute approximate surface area is 66.4 Å². The number of rotatable bonds is 4. The Hall–Kier alpha value is -0.610. The fourth-order valence-electron chi connectivity index (χ4n) is 0.370. The van der Waals surface area contributed by atoms with Crippen molar-refractivity contribution in [1.82, 2.24) is 0 Å². The molecule has 0 radical (unpaired) electrons. The third-order valence-corrected chi connectivity index (χ3v) is 1.31. The minimum atomic E-state index is -0.890. The van der Waals surface area contributed by atoms with E-state index in [1.807, 2.05) is 0 Å². The molecule has 0 spiro atoms. The van der Waals surface area contributed by atoms with Gasteiger partial charge >= 0.3 is 5.97 Å². The van der Waals surface area contributed by atoms with E-state index < -0.39 is 11.6 Å². The van der Waals surface area contributed by atoms with Crippen LogP contribution in [-0.4, -0.2) is 32.6 Å². The standard InChI is InChI=1S/C7H14O4/c1-7(2,10-4)6(8)11-5-9-3/h5H2,1-4H3. The summed E-state index contributed by atoms with van der Waals surface area (Å²) >= 11 is 0. The lowest BCUT2D eigenvalue weighted by atomic mass is 10.1. The van der Waals surface area contributed by atoms with Crippen LogP contribution in [0.4, 0.5) is 0 Å². The van der Waals surface area contributed by atoms with E-state index in [9.17, 15) is 4.79 Å². The van der Waals surface area contributed by atoms with Gasteiger partial charge in [0.05, 0.1) is 0 Å². The van der Waals surface area contributed by atoms with Crippen LogP contribution in [0.1, 0.15) is 13.8 Å². The number of carbonyl (C=O) groups excluding carboxylic acids is 1. The largest absolute Gasteiger partial charge is 0.436 e. The van der Waals surface area contributed by atoms with Crippen molar-refractivity contribution in [3.8, 4) is 0 Å². The molecule has 0 fully saturated rings. The molecule has 0 aliphatic rings. The molecule has 66 valence electrons. The molecule has 0 saturated carbocycles. The minimum absolute atomic E-state index is 0.0361. The fourth-order valence-corrected chi connectivity index (χ4v) is 0.370. The summed E-state index contributed by atoms with van der Waals surface area (Å²) in [5.41, 5.74) is -0.890. The highest BCUT2D eigenvalue weighted by Gasteiger charge is 2.28. The van der Waals surface area contributed by atoms with Crippen LogP contribution in [0.2, 0.25) is 0 Å². The highest BCUT2D eigenvalue weighted by molar-refractivity contribution is 5.78. The van der Waals surface area contributed by atoms with E-state index in [4.69, 9.17) is 4.74 Å². The van der Waals surface area contributed by atoms with Crippen LogP contribution in [0.5, 0.6) is 0 Å². The van der Waals surface area contributed by atoms with Gasteiger partial charge in [0.15, 0.2) is 12.4 Å². The predicted octanol–water partition coefficient (Wildman–Crippen LogP) is 0.559. The van der Waals surface area contributed by atoms with E-state index in [1.165, 1.54) is 14.2 Å². The lowest BCUT2D eigenvalue weighted by Crippen LogP contribution is -2.35. The van der Waals surface area contributed by atoms with Crippen LogP contribution >= 0.6 is 0 Å². The van der Waals surface area contributed by atoms with Crippen LogP contribution in [0.25, 0.3) is 0 Å². The molecule has 4 nitrogen and oxygen atoms in total. The summed E-state index contributed by atoms with van der Waals surface area (Å²) in [6, 6.07) is 0. The Bertz CT molecular complexity index is 130. The highest BCUT2D eigenvalue weighted by atomic mass is 16.7. The highest BCUT2D eigenvalue weighted by Crippen LogP contribution is 2.09. The molecule has 4 heteroatoms. The van der Waals surface area contributed by atoms with Crippen molar-refractivity contribution < 1.29 is 19.0 Å². The topological polar surface area (TPSA) is 44.8 Å². The average molecular weight is 162 g/mol. The molecule has 0 rings (SSSR count). The first-order valence-corrected chi connectivity index (χ1v) is 3.26. The SMILES string of the molecule is COCOC(=O)C(C)(C)OC. The summed E-state index contributed by atoms with van der Waals surface area (Å²) in [7, 11) is 2.90. The second-order valence-corrected chi connectivity index (χ2v) is 2.55. The zero-order chi connectivity index (χ0) is 8.91. The molecule has 0 aromatic rings. The van der Waals surface area contributed by atoms with Gasteiger partial charge in [-0.25, -0.2) is 4.79 Å². The van der Waals surface area contributed by atoms with Crippen molar-refractivity contribution in [2.45, 2.75) is 19.4 Å². The molecule has 0 aromatic heterocycles. The number of hydrogen-bond acceptors (Lipinski definition) is 4. The van der Waals surface area contributed by atoms with E-state index in [2.05, 4.69) is 9.47 Å². The smallest absolute Gasteiger partial charge is 0.339 e. The molecule has 0 atom stereocenters. The van der Waals surface area contributed by atoms with Crippen molar-refractivity contribution in [1.29, 1.82) is 0 Å². The van der Waals surface area contributed by atoms with Crippen molar-refractivity contribution >= 4 is 5.97 Å². The van der Waals surface area contributed by atoms with Crippen molar-refractivity contribution in [2.75, 3.05) is 21.0 Å². The normalized spacial score (nSPS) is 11.3. The van der Waals surface area contributed by atoms with Gasteiger partial charge in [0, 0.05) is 14.2 Å². The molecule has 0 aromatic carbocycles. The third-order valence-electron chi connectivity index (χ3n) is 1.31. The van der Waals surface area contributed by atoms with E-state index >= 15 is 0 Å². The van der Waals surface area contributed by atoms with Gasteiger partial charge in [-0.3, -0.25) is 0 Å². The van der Waals surface area contributed by atoms with Gasteiger partial charge < -0.3 is 14.2 Å². The molecule has 0 heterocycles. The van der Waals surface area contributed by atoms with Gasteiger partial charge in [-0.2, -0.15) is 0 Å². The van der Waals surface area contributed by atoms with Crippen LogP contribution in [0.15, 0.2) is 0 Å². The second-order valence-electron chi connectivity index (χ2n) is 2.55. The first kappa shape index (κ1) is 10.4. The van der Waals surface area contributed by atoms with Crippen molar-refractivity contribution in [3.05, 3.63) is 0 Å². The molecule has 0 saturated heterocycles. The van der Waals surface area contributed by atoms with E-state index in [0.29, 0.717) is 0 Å². The van der Waals surface area contributed by atoms with E-state index in [0.717, 1.165) is 0 Å². The van der Waals surface area contributed by atoms with Gasteiger partial charge in [0.1, 0.15) is 0 Å². The maximum atomic E-state index is 11.0. The van der Waals surface area contributed by atoms with Crippen LogP contribution in [0.3, 0.4) is 0 Å². The lowest BCUT2D eigenvalue weighted by Gasteiger charge is -2.19. The molecule has 0 bridgehead atoms. The third kappa shape index (κ3) is 3.34. The summed E-state index contributed by atoms with van der Waals surface area (Å²) in [5, 5.41) is 0. The molecule has 0 aliphatic heterocycles. The van der Waals surface area contributed by atoms with Gasteiger partial charge in [0.2, 0.25) is 0 Å². The molecule has 0 aliphatic carbocycles. The Kier molecular flexibility index (Phi) is 4.07. The van der Waals surface area contributed by atoms with Crippen LogP contribution in [-0.2, 0) is 19.0 Å². The minimum Gasteiger partial charge on any atom is -0.436 e. The zero-order valence-corrected chi connectivity index (χ0v) is 7.34. The fraction of sp³-hybridized carbons (Fsp3) is 0.857. The van der Waals surface area contributed by atoms with E-state index in [-0.39, 0.29) is 6.79 Å². The Balaban J connectivity index is 3.82. The molecule has 11 heavy (non-hydrogen) atoms. The molecular formula is C7H14O4. The van der Waals surface area contributed by atoms with Gasteiger partial charge in [-0.05, 0) is 13.8 Å². The first-order chi connectivity index (χ1) is 5.04. The molecule has 0 unspecified atom stereocenters. The molecule has 0 N–H and O–H groups in total. The summed E-state index contributed by atoms with van der Waals surface area (Å²) in [5.74, 6) is -0.429. The first-order valence-electron chi connectivity index (χ1n) is 3.26. The monoisotopic (exact) mass is 162 g/mol.